The number of hydrogen-bond acceptors (Lipinski definition) is 4. The summed E-state index contributed by atoms with van der Waals surface area (Å²) in [6, 6.07) is 20.6. The van der Waals surface area contributed by atoms with E-state index in [4.69, 9.17) is 0 Å². The summed E-state index contributed by atoms with van der Waals surface area (Å²) in [5.41, 5.74) is 4.84. The van der Waals surface area contributed by atoms with Crippen LogP contribution in [0.2, 0.25) is 0 Å². The Hall–Kier alpha value is -3.71. The third-order valence-electron chi connectivity index (χ3n) is 7.04. The Morgan fingerprint density at radius 2 is 1.54 bits per heavy atom. The molecule has 1 aliphatic rings. The standard InChI is InChI=1S/C30H35FN4O2/c1-21-6-8-22(9-7-21)23-10-12-24(13-11-23)30(37)34(5)25-14-15-28(27(31)18-25)35-17-16-26(19-35)33(4)29(36)20-32(2)3/h6-15,18,26H,16-17,19-20H2,1-5H3. The summed E-state index contributed by atoms with van der Waals surface area (Å²) in [6.45, 7) is 3.65. The van der Waals surface area contributed by atoms with Crippen LogP contribution in [0.5, 0.6) is 0 Å². The fourth-order valence-corrected chi connectivity index (χ4v) is 4.69. The van der Waals surface area contributed by atoms with E-state index in [0.29, 0.717) is 36.6 Å². The molecule has 0 aromatic heterocycles. The molecule has 1 atom stereocenters. The minimum absolute atomic E-state index is 0.0404. The molecule has 1 fully saturated rings. The van der Waals surface area contributed by atoms with Crippen LogP contribution in [0.4, 0.5) is 15.8 Å². The van der Waals surface area contributed by atoms with Gasteiger partial charge in [-0.15, -0.1) is 0 Å². The number of carbonyl (C=O) groups excluding carboxylic acids is 2. The van der Waals surface area contributed by atoms with E-state index in [9.17, 15) is 9.59 Å². The second-order valence-corrected chi connectivity index (χ2v) is 10.1. The molecule has 194 valence electrons. The molecule has 4 rings (SSSR count). The number of benzene rings is 3. The highest BCUT2D eigenvalue weighted by molar-refractivity contribution is 6.06. The van der Waals surface area contributed by atoms with Crippen molar-refractivity contribution in [3.8, 4) is 11.1 Å². The van der Waals surface area contributed by atoms with Crippen molar-refractivity contribution >= 4 is 23.2 Å². The van der Waals surface area contributed by atoms with Crippen LogP contribution < -0.4 is 9.80 Å². The van der Waals surface area contributed by atoms with Crippen molar-refractivity contribution in [3.63, 3.8) is 0 Å². The average Bonchev–Trinajstić information content (AvgIpc) is 3.37. The molecule has 2 amide bonds. The first-order chi connectivity index (χ1) is 17.6. The molecule has 0 bridgehead atoms. The quantitative estimate of drug-likeness (QED) is 0.471. The van der Waals surface area contributed by atoms with Gasteiger partial charge in [0, 0.05) is 38.4 Å². The number of likely N-dealkylation sites (N-methyl/N-ethyl adjacent to an activating group) is 2. The lowest BCUT2D eigenvalue weighted by molar-refractivity contribution is -0.132. The maximum absolute atomic E-state index is 15.2. The molecule has 37 heavy (non-hydrogen) atoms. The third-order valence-corrected chi connectivity index (χ3v) is 7.04. The third kappa shape index (κ3) is 6.00. The van der Waals surface area contributed by atoms with Gasteiger partial charge in [0.1, 0.15) is 5.82 Å². The highest BCUT2D eigenvalue weighted by Gasteiger charge is 2.30. The molecule has 1 heterocycles. The van der Waals surface area contributed by atoms with Gasteiger partial charge < -0.3 is 19.6 Å². The van der Waals surface area contributed by atoms with E-state index < -0.39 is 0 Å². The van der Waals surface area contributed by atoms with Gasteiger partial charge in [-0.1, -0.05) is 42.0 Å². The molecule has 0 N–H and O–H groups in total. The molecule has 0 aliphatic carbocycles. The number of anilines is 2. The summed E-state index contributed by atoms with van der Waals surface area (Å²) >= 11 is 0. The normalized spacial score (nSPS) is 15.2. The number of hydrogen-bond donors (Lipinski definition) is 0. The van der Waals surface area contributed by atoms with Gasteiger partial charge in [0.15, 0.2) is 0 Å². The Labute approximate surface area is 218 Å². The summed E-state index contributed by atoms with van der Waals surface area (Å²) in [7, 11) is 7.20. The van der Waals surface area contributed by atoms with Gasteiger partial charge in [0.05, 0.1) is 18.3 Å². The van der Waals surface area contributed by atoms with E-state index in [0.717, 1.165) is 17.5 Å². The zero-order chi connectivity index (χ0) is 26.7. The molecule has 0 saturated carbocycles. The zero-order valence-corrected chi connectivity index (χ0v) is 22.2. The predicted octanol–water partition coefficient (Wildman–Crippen LogP) is 4.68. The first-order valence-corrected chi connectivity index (χ1v) is 12.5. The summed E-state index contributed by atoms with van der Waals surface area (Å²) in [5.74, 6) is -0.528. The van der Waals surface area contributed by atoms with Crippen molar-refractivity contribution < 1.29 is 14.0 Å². The fourth-order valence-electron chi connectivity index (χ4n) is 4.69. The molecule has 1 aliphatic heterocycles. The van der Waals surface area contributed by atoms with Gasteiger partial charge in [-0.2, -0.15) is 0 Å². The smallest absolute Gasteiger partial charge is 0.258 e. The van der Waals surface area contributed by atoms with Crippen LogP contribution in [0, 0.1) is 12.7 Å². The first kappa shape index (κ1) is 26.4. The molecular weight excluding hydrogens is 467 g/mol. The van der Waals surface area contributed by atoms with Crippen LogP contribution in [0.15, 0.2) is 66.7 Å². The Kier molecular flexibility index (Phi) is 7.93. The van der Waals surface area contributed by atoms with Crippen LogP contribution in [-0.2, 0) is 4.79 Å². The Bertz CT molecular complexity index is 1260. The van der Waals surface area contributed by atoms with Gasteiger partial charge in [0.2, 0.25) is 5.91 Å². The number of amides is 2. The molecular formula is C30H35FN4O2. The van der Waals surface area contributed by atoms with E-state index in [1.807, 2.05) is 50.0 Å². The van der Waals surface area contributed by atoms with Crippen molar-refractivity contribution in [3.05, 3.63) is 83.7 Å². The average molecular weight is 503 g/mol. The van der Waals surface area contributed by atoms with Gasteiger partial charge in [-0.3, -0.25) is 9.59 Å². The van der Waals surface area contributed by atoms with Crippen LogP contribution >= 0.6 is 0 Å². The van der Waals surface area contributed by atoms with Gasteiger partial charge in [-0.25, -0.2) is 4.39 Å². The van der Waals surface area contributed by atoms with Crippen molar-refractivity contribution in [2.45, 2.75) is 19.4 Å². The summed E-state index contributed by atoms with van der Waals surface area (Å²) in [6.07, 6.45) is 0.786. The molecule has 0 radical (unpaired) electrons. The molecule has 1 unspecified atom stereocenters. The number of halogens is 1. The van der Waals surface area contributed by atoms with E-state index in [1.54, 1.807) is 36.2 Å². The van der Waals surface area contributed by atoms with Crippen molar-refractivity contribution in [2.24, 2.45) is 0 Å². The maximum atomic E-state index is 15.2. The molecule has 1 saturated heterocycles. The molecule has 7 heteroatoms. The van der Waals surface area contributed by atoms with E-state index >= 15 is 4.39 Å². The highest BCUT2D eigenvalue weighted by Crippen LogP contribution is 2.29. The van der Waals surface area contributed by atoms with Crippen LogP contribution in [-0.4, -0.2) is 75.5 Å². The summed E-state index contributed by atoms with van der Waals surface area (Å²) in [4.78, 5) is 32.6. The van der Waals surface area contributed by atoms with Crippen LogP contribution in [0.25, 0.3) is 11.1 Å². The van der Waals surface area contributed by atoms with Crippen LogP contribution in [0.3, 0.4) is 0 Å². The van der Waals surface area contributed by atoms with Crippen LogP contribution in [0.1, 0.15) is 22.3 Å². The summed E-state index contributed by atoms with van der Waals surface area (Å²) in [5, 5.41) is 0. The molecule has 6 nitrogen and oxygen atoms in total. The fraction of sp³-hybridized carbons (Fsp3) is 0.333. The highest BCUT2D eigenvalue weighted by atomic mass is 19.1. The zero-order valence-electron chi connectivity index (χ0n) is 22.2. The van der Waals surface area contributed by atoms with Gasteiger partial charge in [0.25, 0.3) is 5.91 Å². The number of carbonyl (C=O) groups is 2. The largest absolute Gasteiger partial charge is 0.367 e. The lowest BCUT2D eigenvalue weighted by Gasteiger charge is -2.27. The SMILES string of the molecule is Cc1ccc(-c2ccc(C(=O)N(C)c3ccc(N4CCC(N(C)C(=O)CN(C)C)C4)c(F)c3)cc2)cc1. The Morgan fingerprint density at radius 3 is 2.14 bits per heavy atom. The predicted molar refractivity (Wildman–Crippen MR) is 148 cm³/mol. The van der Waals surface area contributed by atoms with Crippen molar-refractivity contribution in [1.82, 2.24) is 9.80 Å². The minimum Gasteiger partial charge on any atom is -0.367 e. The second-order valence-electron chi connectivity index (χ2n) is 10.1. The Balaban J connectivity index is 1.42. The van der Waals surface area contributed by atoms with Gasteiger partial charge in [-0.05, 0) is 68.9 Å². The van der Waals surface area contributed by atoms with E-state index in [-0.39, 0.29) is 23.7 Å². The molecule has 3 aromatic rings. The Morgan fingerprint density at radius 1 is 0.919 bits per heavy atom. The summed E-state index contributed by atoms with van der Waals surface area (Å²) < 4.78 is 15.2. The number of nitrogens with zero attached hydrogens (tertiary/aromatic N) is 4. The topological polar surface area (TPSA) is 47.1 Å². The second kappa shape index (κ2) is 11.1. The monoisotopic (exact) mass is 502 g/mol. The lowest BCUT2D eigenvalue weighted by Crippen LogP contribution is -2.43. The lowest BCUT2D eigenvalue weighted by atomic mass is 10.0. The molecule has 0 spiro atoms. The number of aryl methyl sites for hydroxylation is 1. The van der Waals surface area contributed by atoms with Crippen molar-refractivity contribution in [1.29, 1.82) is 0 Å². The van der Waals surface area contributed by atoms with Crippen molar-refractivity contribution in [2.75, 3.05) is 57.6 Å². The van der Waals surface area contributed by atoms with E-state index in [1.165, 1.54) is 16.5 Å². The van der Waals surface area contributed by atoms with E-state index in [2.05, 4.69) is 24.3 Å². The number of rotatable bonds is 7. The minimum atomic E-state index is -0.380. The maximum Gasteiger partial charge on any atom is 0.258 e. The molecule has 3 aromatic carbocycles. The van der Waals surface area contributed by atoms with Gasteiger partial charge >= 0.3 is 0 Å². The first-order valence-electron chi connectivity index (χ1n) is 12.5.